The molecule has 0 unspecified atom stereocenters. The zero-order chi connectivity index (χ0) is 22.5. The highest BCUT2D eigenvalue weighted by Gasteiger charge is 2.34. The number of alkyl halides is 3. The first-order chi connectivity index (χ1) is 13.9. The van der Waals surface area contributed by atoms with Crippen LogP contribution in [0.5, 0.6) is 5.75 Å². The van der Waals surface area contributed by atoms with Crippen LogP contribution in [-0.4, -0.2) is 32.9 Å². The monoisotopic (exact) mass is 554 g/mol. The number of rotatable bonds is 6. The molecular weight excluding hydrogens is 524 g/mol. The van der Waals surface area contributed by atoms with E-state index in [-0.39, 0.29) is 41.8 Å². The Labute approximate surface area is 197 Å². The number of guanidine groups is 1. The highest BCUT2D eigenvalue weighted by molar-refractivity contribution is 14.0. The number of aryl methyl sites for hydroxylation is 1. The van der Waals surface area contributed by atoms with Crippen molar-refractivity contribution in [3.63, 3.8) is 0 Å². The molecule has 11 heteroatoms. The van der Waals surface area contributed by atoms with Crippen molar-refractivity contribution in [2.75, 3.05) is 6.54 Å². The Kier molecular flexibility index (Phi) is 9.58. The molecule has 0 saturated carbocycles. The van der Waals surface area contributed by atoms with Crippen LogP contribution in [-0.2, 0) is 26.3 Å². The molecule has 0 radical (unpaired) electrons. The predicted octanol–water partition coefficient (Wildman–Crippen LogP) is 4.19. The van der Waals surface area contributed by atoms with Crippen LogP contribution in [0.4, 0.5) is 13.2 Å². The van der Waals surface area contributed by atoms with Crippen molar-refractivity contribution in [3.05, 3.63) is 41.0 Å². The summed E-state index contributed by atoms with van der Waals surface area (Å²) in [6, 6.07) is 3.97. The van der Waals surface area contributed by atoms with Gasteiger partial charge in [-0.05, 0) is 52.3 Å². The summed E-state index contributed by atoms with van der Waals surface area (Å²) in [5.74, 6) is 2.02. The van der Waals surface area contributed by atoms with Crippen molar-refractivity contribution >= 4 is 29.9 Å². The van der Waals surface area contributed by atoms with Gasteiger partial charge in [-0.2, -0.15) is 13.2 Å². The van der Waals surface area contributed by atoms with E-state index in [1.54, 1.807) is 20.8 Å². The Morgan fingerprint density at radius 2 is 1.84 bits per heavy atom. The Bertz CT molecular complexity index is 890. The summed E-state index contributed by atoms with van der Waals surface area (Å²) in [5.41, 5.74) is -1.29. The number of benzene rings is 1. The lowest BCUT2D eigenvalue weighted by atomic mass is 10.1. The average molecular weight is 554 g/mol. The van der Waals surface area contributed by atoms with Gasteiger partial charge < -0.3 is 19.9 Å². The standard InChI is InChI=1S/C20H29F3N6O.HI/c1-7-24-18(26-12-17-28-27-13(2)29(17)6)25-11-14-8-9-15(30-19(3,4)5)10-16(14)20(21,22)23;/h8-10H,7,11-12H2,1-6H3,(H2,24,25,26);1H. The van der Waals surface area contributed by atoms with Gasteiger partial charge in [-0.25, -0.2) is 4.99 Å². The number of nitrogens with zero attached hydrogens (tertiary/aromatic N) is 4. The first-order valence-corrected chi connectivity index (χ1v) is 9.67. The Morgan fingerprint density at radius 3 is 2.35 bits per heavy atom. The molecule has 1 heterocycles. The molecule has 0 atom stereocenters. The highest BCUT2D eigenvalue weighted by Crippen LogP contribution is 2.35. The fourth-order valence-corrected chi connectivity index (χ4v) is 2.65. The zero-order valence-corrected chi connectivity index (χ0v) is 20.9. The van der Waals surface area contributed by atoms with Gasteiger partial charge in [-0.3, -0.25) is 0 Å². The van der Waals surface area contributed by atoms with Crippen LogP contribution >= 0.6 is 24.0 Å². The molecule has 1 aromatic carbocycles. The average Bonchev–Trinajstić information content (AvgIpc) is 2.94. The number of halogens is 4. The quantitative estimate of drug-likeness (QED) is 0.318. The topological polar surface area (TPSA) is 76.4 Å². The Morgan fingerprint density at radius 1 is 1.16 bits per heavy atom. The largest absolute Gasteiger partial charge is 0.488 e. The molecule has 0 bridgehead atoms. The van der Waals surface area contributed by atoms with Crippen LogP contribution < -0.4 is 15.4 Å². The Balaban J connectivity index is 0.00000480. The second-order valence-electron chi connectivity index (χ2n) is 7.80. The summed E-state index contributed by atoms with van der Waals surface area (Å²) in [5, 5.41) is 14.1. The van der Waals surface area contributed by atoms with Crippen molar-refractivity contribution in [1.82, 2.24) is 25.4 Å². The van der Waals surface area contributed by atoms with Crippen LogP contribution in [0.1, 0.15) is 50.5 Å². The maximum absolute atomic E-state index is 13.6. The SMILES string of the molecule is CCNC(=NCc1ccc(OC(C)(C)C)cc1C(F)(F)F)NCc1nnc(C)n1C.I. The van der Waals surface area contributed by atoms with E-state index < -0.39 is 17.3 Å². The normalized spacial score (nSPS) is 12.4. The summed E-state index contributed by atoms with van der Waals surface area (Å²) in [7, 11) is 1.84. The smallest absolute Gasteiger partial charge is 0.416 e. The lowest BCUT2D eigenvalue weighted by Gasteiger charge is -2.22. The number of aliphatic imine (C=N–C) groups is 1. The number of ether oxygens (including phenoxy) is 1. The maximum atomic E-state index is 13.6. The van der Waals surface area contributed by atoms with Crippen molar-refractivity contribution in [3.8, 4) is 5.75 Å². The number of aromatic nitrogens is 3. The van der Waals surface area contributed by atoms with Gasteiger partial charge in [-0.15, -0.1) is 34.2 Å². The molecule has 2 N–H and O–H groups in total. The van der Waals surface area contributed by atoms with Crippen molar-refractivity contribution in [1.29, 1.82) is 0 Å². The first kappa shape index (κ1) is 27.0. The molecule has 0 aliphatic rings. The van der Waals surface area contributed by atoms with Crippen molar-refractivity contribution in [2.24, 2.45) is 12.0 Å². The molecule has 0 aliphatic heterocycles. The molecule has 2 aromatic rings. The molecular formula is C20H30F3IN6O. The van der Waals surface area contributed by atoms with Crippen LogP contribution in [0.25, 0.3) is 0 Å². The highest BCUT2D eigenvalue weighted by atomic mass is 127. The third-order valence-corrected chi connectivity index (χ3v) is 4.16. The fourth-order valence-electron chi connectivity index (χ4n) is 2.65. The third kappa shape index (κ3) is 8.19. The summed E-state index contributed by atoms with van der Waals surface area (Å²) in [6.07, 6.45) is -4.51. The summed E-state index contributed by atoms with van der Waals surface area (Å²) >= 11 is 0. The molecule has 31 heavy (non-hydrogen) atoms. The molecule has 7 nitrogen and oxygen atoms in total. The molecule has 174 valence electrons. The molecule has 1 aromatic heterocycles. The maximum Gasteiger partial charge on any atom is 0.416 e. The van der Waals surface area contributed by atoms with Crippen LogP contribution in [0.15, 0.2) is 23.2 Å². The number of nitrogens with one attached hydrogen (secondary N) is 2. The van der Waals surface area contributed by atoms with E-state index in [2.05, 4.69) is 25.8 Å². The van der Waals surface area contributed by atoms with E-state index in [0.29, 0.717) is 24.9 Å². The molecule has 0 spiro atoms. The first-order valence-electron chi connectivity index (χ1n) is 9.67. The fraction of sp³-hybridized carbons (Fsp3) is 0.550. The minimum atomic E-state index is -4.51. The van der Waals surface area contributed by atoms with Crippen LogP contribution in [0.3, 0.4) is 0 Å². The molecule has 0 aliphatic carbocycles. The Hall–Kier alpha value is -2.05. The number of hydrogen-bond donors (Lipinski definition) is 2. The third-order valence-electron chi connectivity index (χ3n) is 4.16. The van der Waals surface area contributed by atoms with Gasteiger partial charge in [0.15, 0.2) is 11.8 Å². The van der Waals surface area contributed by atoms with Crippen molar-refractivity contribution in [2.45, 2.75) is 59.5 Å². The van der Waals surface area contributed by atoms with Gasteiger partial charge in [0.2, 0.25) is 0 Å². The van der Waals surface area contributed by atoms with Crippen molar-refractivity contribution < 1.29 is 17.9 Å². The second-order valence-corrected chi connectivity index (χ2v) is 7.80. The van der Waals surface area contributed by atoms with E-state index in [1.807, 2.05) is 25.5 Å². The van der Waals surface area contributed by atoms with Gasteiger partial charge in [-0.1, -0.05) is 6.07 Å². The number of hydrogen-bond acceptors (Lipinski definition) is 4. The summed E-state index contributed by atoms with van der Waals surface area (Å²) in [4.78, 5) is 4.31. The van der Waals surface area contributed by atoms with E-state index >= 15 is 0 Å². The van der Waals surface area contributed by atoms with E-state index in [4.69, 9.17) is 4.74 Å². The van der Waals surface area contributed by atoms with Gasteiger partial charge in [0.1, 0.15) is 17.2 Å². The molecule has 0 fully saturated rings. The molecule has 0 saturated heterocycles. The van der Waals surface area contributed by atoms with E-state index in [9.17, 15) is 13.2 Å². The summed E-state index contributed by atoms with van der Waals surface area (Å²) < 4.78 is 48.2. The van der Waals surface area contributed by atoms with Gasteiger partial charge in [0, 0.05) is 13.6 Å². The minimum absolute atomic E-state index is 0. The lowest BCUT2D eigenvalue weighted by molar-refractivity contribution is -0.138. The molecule has 2 rings (SSSR count). The minimum Gasteiger partial charge on any atom is -0.488 e. The van der Waals surface area contributed by atoms with Gasteiger partial charge >= 0.3 is 6.18 Å². The van der Waals surface area contributed by atoms with Crippen LogP contribution in [0, 0.1) is 6.92 Å². The predicted molar refractivity (Wildman–Crippen MR) is 125 cm³/mol. The molecule has 0 amide bonds. The summed E-state index contributed by atoms with van der Waals surface area (Å²) in [6.45, 7) is 9.83. The van der Waals surface area contributed by atoms with E-state index in [1.165, 1.54) is 12.1 Å². The van der Waals surface area contributed by atoms with Crippen LogP contribution in [0.2, 0.25) is 0 Å². The zero-order valence-electron chi connectivity index (χ0n) is 18.6. The van der Waals surface area contributed by atoms with Gasteiger partial charge in [0.05, 0.1) is 18.7 Å². The lowest BCUT2D eigenvalue weighted by Crippen LogP contribution is -2.37. The van der Waals surface area contributed by atoms with Gasteiger partial charge in [0.25, 0.3) is 0 Å². The van der Waals surface area contributed by atoms with E-state index in [0.717, 1.165) is 11.9 Å². The second kappa shape index (κ2) is 11.0.